The van der Waals surface area contributed by atoms with Crippen LogP contribution in [0.1, 0.15) is 19.4 Å². The van der Waals surface area contributed by atoms with Gasteiger partial charge in [0.25, 0.3) is 0 Å². The molecule has 0 aliphatic heterocycles. The zero-order chi connectivity index (χ0) is 21.9. The molecule has 2 aromatic carbocycles. The van der Waals surface area contributed by atoms with Crippen molar-refractivity contribution in [3.63, 3.8) is 0 Å². The zero-order valence-electron chi connectivity index (χ0n) is 16.4. The van der Waals surface area contributed by atoms with Crippen LogP contribution in [-0.2, 0) is 16.6 Å². The van der Waals surface area contributed by atoms with Crippen molar-refractivity contribution in [2.45, 2.75) is 25.3 Å². The minimum absolute atomic E-state index is 0.119. The van der Waals surface area contributed by atoms with E-state index in [4.69, 9.17) is 4.74 Å². The Hall–Kier alpha value is -3.11. The maximum Gasteiger partial charge on any atom is 0.312 e. The fourth-order valence-electron chi connectivity index (χ4n) is 3.13. The number of nitro groups is 1. The highest BCUT2D eigenvalue weighted by atomic mass is 32.2. The number of benzene rings is 2. The molecule has 8 nitrogen and oxygen atoms in total. The van der Waals surface area contributed by atoms with E-state index in [1.165, 1.54) is 28.6 Å². The summed E-state index contributed by atoms with van der Waals surface area (Å²) >= 11 is 0. The maximum absolute atomic E-state index is 13.9. The van der Waals surface area contributed by atoms with Gasteiger partial charge >= 0.3 is 5.69 Å². The third-order valence-electron chi connectivity index (χ3n) is 4.60. The number of fused-ring (bicyclic) bond motifs is 1. The lowest BCUT2D eigenvalue weighted by molar-refractivity contribution is -0.386. The lowest BCUT2D eigenvalue weighted by Gasteiger charge is -2.18. The summed E-state index contributed by atoms with van der Waals surface area (Å²) in [6.07, 6.45) is 1.55. The van der Waals surface area contributed by atoms with Crippen molar-refractivity contribution in [3.05, 3.63) is 70.2 Å². The summed E-state index contributed by atoms with van der Waals surface area (Å²) in [7, 11) is -3.86. The minimum atomic E-state index is -3.86. The highest BCUT2D eigenvalue weighted by Gasteiger charge is 2.26. The first kappa shape index (κ1) is 21.6. The average molecular weight is 433 g/mol. The predicted octanol–water partition coefficient (Wildman–Crippen LogP) is 3.89. The molecule has 0 aliphatic rings. The van der Waals surface area contributed by atoms with Crippen molar-refractivity contribution >= 4 is 26.6 Å². The van der Waals surface area contributed by atoms with Gasteiger partial charge in [0.1, 0.15) is 12.4 Å². The van der Waals surface area contributed by atoms with Crippen LogP contribution in [0, 0.1) is 15.9 Å². The Morgan fingerprint density at radius 2 is 1.90 bits per heavy atom. The molecule has 10 heteroatoms. The van der Waals surface area contributed by atoms with Gasteiger partial charge in [-0.3, -0.25) is 15.1 Å². The average Bonchev–Trinajstić information content (AvgIpc) is 2.72. The number of nitro benzene ring substituents is 1. The number of pyridine rings is 1. The molecule has 0 saturated carbocycles. The first-order valence-electron chi connectivity index (χ1n) is 9.22. The Kier molecular flexibility index (Phi) is 6.28. The summed E-state index contributed by atoms with van der Waals surface area (Å²) in [6.45, 7) is 3.68. The Labute approximate surface area is 173 Å². The molecule has 0 bridgehead atoms. The van der Waals surface area contributed by atoms with Crippen molar-refractivity contribution in [2.75, 3.05) is 13.1 Å². The lowest BCUT2D eigenvalue weighted by atomic mass is 10.1. The summed E-state index contributed by atoms with van der Waals surface area (Å²) in [5, 5.41) is 12.1. The SMILES string of the molecule is CCN(CC)S(=O)(=O)c1ccc(OCc2cc(F)cc3cccnc23)c([N+](=O)[O-])c1. The zero-order valence-corrected chi connectivity index (χ0v) is 17.2. The van der Waals surface area contributed by atoms with E-state index in [0.717, 1.165) is 6.07 Å². The van der Waals surface area contributed by atoms with Gasteiger partial charge in [-0.05, 0) is 30.3 Å². The van der Waals surface area contributed by atoms with Gasteiger partial charge in [-0.1, -0.05) is 19.9 Å². The van der Waals surface area contributed by atoms with Crippen molar-refractivity contribution in [2.24, 2.45) is 0 Å². The van der Waals surface area contributed by atoms with E-state index in [1.807, 2.05) is 0 Å². The standard InChI is InChI=1S/C20H20FN3O5S/c1-3-23(4-2)30(27,28)17-7-8-19(18(12-17)24(25)26)29-13-15-11-16(21)10-14-6-5-9-22-20(14)15/h5-12H,3-4,13H2,1-2H3. The van der Waals surface area contributed by atoms with Crippen LogP contribution in [0.5, 0.6) is 5.75 Å². The van der Waals surface area contributed by atoms with Crippen LogP contribution in [0.3, 0.4) is 0 Å². The summed E-state index contributed by atoms with van der Waals surface area (Å²) in [6, 6.07) is 9.43. The molecule has 1 heterocycles. The molecule has 0 unspecified atom stereocenters. The Morgan fingerprint density at radius 1 is 1.17 bits per heavy atom. The fraction of sp³-hybridized carbons (Fsp3) is 0.250. The van der Waals surface area contributed by atoms with Gasteiger partial charge in [-0.25, -0.2) is 12.8 Å². The molecular weight excluding hydrogens is 413 g/mol. The summed E-state index contributed by atoms with van der Waals surface area (Å²) in [5.41, 5.74) is 0.443. The van der Waals surface area contributed by atoms with Gasteiger partial charge < -0.3 is 4.74 Å². The number of sulfonamides is 1. The minimum Gasteiger partial charge on any atom is -0.482 e. The summed E-state index contributed by atoms with van der Waals surface area (Å²) in [4.78, 5) is 14.8. The second-order valence-corrected chi connectivity index (χ2v) is 8.34. The van der Waals surface area contributed by atoms with Crippen molar-refractivity contribution in [1.29, 1.82) is 0 Å². The van der Waals surface area contributed by atoms with E-state index in [9.17, 15) is 22.9 Å². The van der Waals surface area contributed by atoms with Crippen molar-refractivity contribution < 1.29 is 22.5 Å². The van der Waals surface area contributed by atoms with Crippen molar-refractivity contribution in [1.82, 2.24) is 9.29 Å². The van der Waals surface area contributed by atoms with Crippen molar-refractivity contribution in [3.8, 4) is 5.75 Å². The first-order chi connectivity index (χ1) is 14.3. The molecule has 0 atom stereocenters. The quantitative estimate of drug-likeness (QED) is 0.394. The second kappa shape index (κ2) is 8.72. The molecule has 3 aromatic rings. The van der Waals surface area contributed by atoms with Gasteiger partial charge in [0.2, 0.25) is 10.0 Å². The van der Waals surface area contributed by atoms with E-state index in [-0.39, 0.29) is 30.3 Å². The van der Waals surface area contributed by atoms with E-state index in [0.29, 0.717) is 16.5 Å². The van der Waals surface area contributed by atoms with Crippen LogP contribution in [0.4, 0.5) is 10.1 Å². The number of rotatable bonds is 8. The molecule has 0 aliphatic carbocycles. The third-order valence-corrected chi connectivity index (χ3v) is 6.65. The molecule has 1 aromatic heterocycles. The van der Waals surface area contributed by atoms with Gasteiger partial charge in [0.15, 0.2) is 5.75 Å². The molecule has 0 N–H and O–H groups in total. The van der Waals surface area contributed by atoms with Crippen LogP contribution in [0.15, 0.2) is 53.6 Å². The number of hydrogen-bond donors (Lipinski definition) is 0. The van der Waals surface area contributed by atoms with E-state index >= 15 is 0 Å². The topological polar surface area (TPSA) is 103 Å². The normalized spacial score (nSPS) is 11.7. The molecule has 0 amide bonds. The van der Waals surface area contributed by atoms with E-state index in [2.05, 4.69) is 4.98 Å². The third kappa shape index (κ3) is 4.24. The molecule has 0 radical (unpaired) electrons. The first-order valence-corrected chi connectivity index (χ1v) is 10.7. The van der Waals surface area contributed by atoms with Crippen LogP contribution in [0.25, 0.3) is 10.9 Å². The molecule has 30 heavy (non-hydrogen) atoms. The maximum atomic E-state index is 13.9. The van der Waals surface area contributed by atoms with Crippen LogP contribution < -0.4 is 4.74 Å². The van der Waals surface area contributed by atoms with Gasteiger partial charge in [-0.15, -0.1) is 0 Å². The lowest BCUT2D eigenvalue weighted by Crippen LogP contribution is -2.30. The Bertz CT molecular complexity index is 1200. The van der Waals surface area contributed by atoms with Gasteiger partial charge in [0.05, 0.1) is 15.3 Å². The molecule has 0 fully saturated rings. The largest absolute Gasteiger partial charge is 0.482 e. The smallest absolute Gasteiger partial charge is 0.312 e. The second-order valence-electron chi connectivity index (χ2n) is 6.40. The summed E-state index contributed by atoms with van der Waals surface area (Å²) < 4.78 is 46.0. The molecule has 158 valence electrons. The highest BCUT2D eigenvalue weighted by Crippen LogP contribution is 2.32. The monoisotopic (exact) mass is 433 g/mol. The number of ether oxygens (including phenoxy) is 1. The fourth-order valence-corrected chi connectivity index (χ4v) is 4.61. The Balaban J connectivity index is 1.95. The number of halogens is 1. The molecule has 0 saturated heterocycles. The summed E-state index contributed by atoms with van der Waals surface area (Å²) in [5.74, 6) is -0.601. The number of nitrogens with zero attached hydrogens (tertiary/aromatic N) is 3. The van der Waals surface area contributed by atoms with Crippen LogP contribution >= 0.6 is 0 Å². The highest BCUT2D eigenvalue weighted by molar-refractivity contribution is 7.89. The van der Waals surface area contributed by atoms with Gasteiger partial charge in [-0.2, -0.15) is 4.31 Å². The van der Waals surface area contributed by atoms with Crippen LogP contribution in [0.2, 0.25) is 0 Å². The number of aromatic nitrogens is 1. The number of hydrogen-bond acceptors (Lipinski definition) is 6. The van der Waals surface area contributed by atoms with E-state index < -0.39 is 26.5 Å². The Morgan fingerprint density at radius 3 is 2.57 bits per heavy atom. The van der Waals surface area contributed by atoms with Gasteiger partial charge in [0, 0.05) is 36.3 Å². The van der Waals surface area contributed by atoms with E-state index in [1.54, 1.807) is 32.2 Å². The molecule has 3 rings (SSSR count). The van der Waals surface area contributed by atoms with Crippen LogP contribution in [-0.4, -0.2) is 35.7 Å². The molecule has 0 spiro atoms. The molecular formula is C20H20FN3O5S. The predicted molar refractivity (Wildman–Crippen MR) is 109 cm³/mol.